The van der Waals surface area contributed by atoms with Crippen molar-refractivity contribution in [1.82, 2.24) is 14.5 Å². The predicted molar refractivity (Wildman–Crippen MR) is 144 cm³/mol. The van der Waals surface area contributed by atoms with E-state index in [0.29, 0.717) is 11.1 Å². The van der Waals surface area contributed by atoms with Gasteiger partial charge in [0, 0.05) is 27.4 Å². The third-order valence-corrected chi connectivity index (χ3v) is 7.27. The van der Waals surface area contributed by atoms with Crippen molar-refractivity contribution in [2.24, 2.45) is 0 Å². The Morgan fingerprint density at radius 1 is 0.833 bits per heavy atom. The molecule has 7 rings (SSSR count). The molecule has 5 heteroatoms. The van der Waals surface area contributed by atoms with Crippen LogP contribution in [0.5, 0.6) is 0 Å². The minimum atomic E-state index is -0.137. The minimum absolute atomic E-state index is 0.137. The van der Waals surface area contributed by atoms with Crippen LogP contribution < -0.4 is 5.32 Å². The number of aromatic nitrogens is 2. The molecule has 1 N–H and O–H groups in total. The number of benzene rings is 3. The summed E-state index contributed by atoms with van der Waals surface area (Å²) in [5.41, 5.74) is 7.07. The van der Waals surface area contributed by atoms with Gasteiger partial charge in [0.1, 0.15) is 12.0 Å². The van der Waals surface area contributed by atoms with Crippen molar-refractivity contribution in [1.29, 1.82) is 10.5 Å². The van der Waals surface area contributed by atoms with Crippen LogP contribution in [0, 0.1) is 22.7 Å². The lowest BCUT2D eigenvalue weighted by atomic mass is 10.0. The smallest absolute Gasteiger partial charge is 0.124 e. The molecule has 36 heavy (non-hydrogen) atoms. The summed E-state index contributed by atoms with van der Waals surface area (Å²) in [7, 11) is 0. The van der Waals surface area contributed by atoms with Gasteiger partial charge >= 0.3 is 0 Å². The van der Waals surface area contributed by atoms with E-state index >= 15 is 0 Å². The number of para-hydroxylation sites is 1. The Kier molecular flexibility index (Phi) is 4.40. The number of nitrogens with zero attached hydrogens (tertiary/aromatic N) is 4. The summed E-state index contributed by atoms with van der Waals surface area (Å²) in [5, 5.41) is 26.0. The first-order valence-corrected chi connectivity index (χ1v) is 12.1. The van der Waals surface area contributed by atoms with E-state index in [-0.39, 0.29) is 6.17 Å². The molecule has 5 nitrogen and oxygen atoms in total. The molecule has 3 aromatic carbocycles. The fourth-order valence-electron chi connectivity index (χ4n) is 5.73. The summed E-state index contributed by atoms with van der Waals surface area (Å²) in [4.78, 5) is 0. The molecule has 170 valence electrons. The molecule has 0 bridgehead atoms. The average molecular weight is 464 g/mol. The highest BCUT2D eigenvalue weighted by molar-refractivity contribution is 6.09. The molecule has 0 fully saturated rings. The average Bonchev–Trinajstić information content (AvgIpc) is 3.45. The van der Waals surface area contributed by atoms with E-state index in [1.54, 1.807) is 0 Å². The summed E-state index contributed by atoms with van der Waals surface area (Å²) in [6, 6.07) is 24.6. The topological polar surface area (TPSA) is 69.5 Å². The van der Waals surface area contributed by atoms with Crippen LogP contribution in [-0.4, -0.2) is 9.13 Å². The van der Waals surface area contributed by atoms with Crippen LogP contribution >= 0.6 is 0 Å². The van der Waals surface area contributed by atoms with Gasteiger partial charge in [0.15, 0.2) is 0 Å². The first-order valence-electron chi connectivity index (χ1n) is 12.1. The number of nitrogens with one attached hydrogen (secondary N) is 1. The van der Waals surface area contributed by atoms with E-state index < -0.39 is 0 Å². The first-order chi connectivity index (χ1) is 17.8. The zero-order chi connectivity index (χ0) is 24.2. The maximum atomic E-state index is 9.50. The lowest BCUT2D eigenvalue weighted by molar-refractivity contribution is 0.573. The van der Waals surface area contributed by atoms with E-state index in [1.807, 2.05) is 36.4 Å². The second kappa shape index (κ2) is 7.77. The molecule has 0 amide bonds. The van der Waals surface area contributed by atoms with Gasteiger partial charge in [-0.05, 0) is 67.5 Å². The summed E-state index contributed by atoms with van der Waals surface area (Å²) in [6.45, 7) is 0. The van der Waals surface area contributed by atoms with E-state index in [2.05, 4.69) is 81.2 Å². The molecule has 5 aromatic rings. The Morgan fingerprint density at radius 2 is 1.56 bits per heavy atom. The summed E-state index contributed by atoms with van der Waals surface area (Å²) >= 11 is 0. The molecule has 0 saturated heterocycles. The summed E-state index contributed by atoms with van der Waals surface area (Å²) < 4.78 is 4.62. The number of rotatable bonds is 2. The third-order valence-electron chi connectivity index (χ3n) is 7.27. The quantitative estimate of drug-likeness (QED) is 0.320. The highest BCUT2D eigenvalue weighted by Crippen LogP contribution is 2.37. The van der Waals surface area contributed by atoms with Crippen LogP contribution in [0.2, 0.25) is 0 Å². The Balaban J connectivity index is 1.41. The van der Waals surface area contributed by atoms with Gasteiger partial charge in [-0.25, -0.2) is 0 Å². The zero-order valence-electron chi connectivity index (χ0n) is 19.4. The van der Waals surface area contributed by atoms with Crippen molar-refractivity contribution in [3.63, 3.8) is 0 Å². The molecule has 1 unspecified atom stereocenters. The van der Waals surface area contributed by atoms with Crippen LogP contribution in [0.4, 0.5) is 0 Å². The maximum Gasteiger partial charge on any atom is 0.124 e. The highest BCUT2D eigenvalue weighted by atomic mass is 15.3. The predicted octanol–water partition coefficient (Wildman–Crippen LogP) is 6.61. The molecule has 0 spiro atoms. The third kappa shape index (κ3) is 2.87. The van der Waals surface area contributed by atoms with Gasteiger partial charge in [-0.1, -0.05) is 36.4 Å². The van der Waals surface area contributed by atoms with Crippen molar-refractivity contribution < 1.29 is 0 Å². The van der Waals surface area contributed by atoms with Crippen LogP contribution in [-0.2, 0) is 6.42 Å². The van der Waals surface area contributed by atoms with Gasteiger partial charge in [-0.2, -0.15) is 10.5 Å². The van der Waals surface area contributed by atoms with Gasteiger partial charge in [0.25, 0.3) is 0 Å². The van der Waals surface area contributed by atoms with Crippen molar-refractivity contribution in [3.8, 4) is 12.1 Å². The number of nitriles is 2. The van der Waals surface area contributed by atoms with E-state index in [1.165, 1.54) is 22.2 Å². The molecular weight excluding hydrogens is 442 g/mol. The molecular formula is C31H21N5. The van der Waals surface area contributed by atoms with Crippen LogP contribution in [0.1, 0.15) is 35.0 Å². The highest BCUT2D eigenvalue weighted by Gasteiger charge is 2.24. The molecule has 0 radical (unpaired) electrons. The number of hydrogen-bond acceptors (Lipinski definition) is 3. The second-order valence-corrected chi connectivity index (χ2v) is 9.24. The van der Waals surface area contributed by atoms with Gasteiger partial charge < -0.3 is 9.88 Å². The lowest BCUT2D eigenvalue weighted by Gasteiger charge is -2.27. The monoisotopic (exact) mass is 463 g/mol. The summed E-state index contributed by atoms with van der Waals surface area (Å²) in [6.07, 6.45) is 12.8. The fourth-order valence-corrected chi connectivity index (χ4v) is 5.73. The first kappa shape index (κ1) is 20.4. The second-order valence-electron chi connectivity index (χ2n) is 9.24. The maximum absolute atomic E-state index is 9.50. The van der Waals surface area contributed by atoms with Crippen molar-refractivity contribution >= 4 is 44.6 Å². The van der Waals surface area contributed by atoms with Gasteiger partial charge in [-0.3, -0.25) is 4.57 Å². The van der Waals surface area contributed by atoms with Crippen molar-refractivity contribution in [3.05, 3.63) is 107 Å². The largest absolute Gasteiger partial charge is 0.347 e. The SMILES string of the molecule is N#Cc1ccc2c(c1)c1cc(C#N)ccc1n2C1C=CC=C(n2c3c(c4ccccc42)C=CCC3)N1. The van der Waals surface area contributed by atoms with Crippen molar-refractivity contribution in [2.75, 3.05) is 0 Å². The van der Waals surface area contributed by atoms with Crippen LogP contribution in [0.15, 0.2) is 85.0 Å². The van der Waals surface area contributed by atoms with Crippen LogP contribution in [0.25, 0.3) is 44.6 Å². The van der Waals surface area contributed by atoms with Gasteiger partial charge in [0.2, 0.25) is 0 Å². The number of fused-ring (bicyclic) bond motifs is 6. The fraction of sp³-hybridized carbons (Fsp3) is 0.0968. The normalized spacial score (nSPS) is 16.5. The number of allylic oxidation sites excluding steroid dienone is 3. The molecule has 1 atom stereocenters. The Bertz CT molecular complexity index is 1820. The van der Waals surface area contributed by atoms with Gasteiger partial charge in [-0.15, -0.1) is 0 Å². The van der Waals surface area contributed by atoms with E-state index in [4.69, 9.17) is 0 Å². The molecule has 2 aliphatic rings. The molecule has 1 aliphatic carbocycles. The number of hydrogen-bond donors (Lipinski definition) is 1. The van der Waals surface area contributed by atoms with Gasteiger partial charge in [0.05, 0.1) is 39.8 Å². The standard InChI is InChI=1S/C31H21N5/c32-18-20-12-14-28-24(16-20)25-17-21(19-33)13-15-29(25)36(28)31-11-5-10-30(34-31)35-26-8-3-1-6-22(26)23-7-2-4-9-27(23)35/h1-3,5-8,10-17,31,34H,4,9H2. The number of dihydropyridines is 1. The Morgan fingerprint density at radius 3 is 2.28 bits per heavy atom. The Hall–Kier alpha value is -5.00. The minimum Gasteiger partial charge on any atom is -0.347 e. The lowest BCUT2D eigenvalue weighted by Crippen LogP contribution is -2.28. The van der Waals surface area contributed by atoms with E-state index in [9.17, 15) is 10.5 Å². The molecule has 0 saturated carbocycles. The summed E-state index contributed by atoms with van der Waals surface area (Å²) in [5.74, 6) is 1.03. The van der Waals surface area contributed by atoms with Crippen molar-refractivity contribution in [2.45, 2.75) is 19.0 Å². The Labute approximate surface area is 208 Å². The molecule has 1 aliphatic heterocycles. The molecule has 2 aromatic heterocycles. The molecule has 3 heterocycles. The van der Waals surface area contributed by atoms with Crippen LogP contribution in [0.3, 0.4) is 0 Å². The van der Waals surface area contributed by atoms with E-state index in [0.717, 1.165) is 40.5 Å². The zero-order valence-corrected chi connectivity index (χ0v) is 19.4.